The molecule has 2 rings (SSSR count). The van der Waals surface area contributed by atoms with Crippen LogP contribution in [0.5, 0.6) is 0 Å². The van der Waals surface area contributed by atoms with Gasteiger partial charge in [0.2, 0.25) is 0 Å². The molecule has 0 bridgehead atoms. The summed E-state index contributed by atoms with van der Waals surface area (Å²) in [6.45, 7) is 3.22. The Kier molecular flexibility index (Phi) is 3.95. The molecule has 1 aromatic heterocycles. The molecule has 1 saturated heterocycles. The molecule has 1 aliphatic rings. The number of aromatic nitrogens is 2. The van der Waals surface area contributed by atoms with E-state index in [1.807, 2.05) is 13.0 Å². The molecule has 1 fully saturated rings. The molecule has 0 atom stereocenters. The fourth-order valence-corrected chi connectivity index (χ4v) is 2.55. The first-order chi connectivity index (χ1) is 9.47. The third-order valence-electron chi connectivity index (χ3n) is 3.75. The molecule has 0 aromatic carbocycles. The van der Waals surface area contributed by atoms with Crippen LogP contribution in [-0.4, -0.2) is 49.7 Å². The van der Waals surface area contributed by atoms with Gasteiger partial charge in [-0.25, -0.2) is 4.79 Å². The number of amides is 1. The summed E-state index contributed by atoms with van der Waals surface area (Å²) in [5.41, 5.74) is 0.231. The number of hydrogen-bond donors (Lipinski definition) is 2. The Balaban J connectivity index is 2.08. The standard InChI is InChI=1S/C13H18N4O3/c1-2-17-11(7-10(9-14)15-17)8-13(20)3-5-16(6-4-13)12(18)19/h7,20H,2-6,8H2,1H3,(H,18,19). The maximum absolute atomic E-state index is 10.9. The van der Waals surface area contributed by atoms with Gasteiger partial charge in [-0.3, -0.25) is 4.68 Å². The topological polar surface area (TPSA) is 102 Å². The summed E-state index contributed by atoms with van der Waals surface area (Å²) in [6.07, 6.45) is 0.243. The van der Waals surface area contributed by atoms with E-state index in [1.165, 1.54) is 4.90 Å². The van der Waals surface area contributed by atoms with Crippen LogP contribution in [0.2, 0.25) is 0 Å². The minimum absolute atomic E-state index is 0.331. The number of carboxylic acid groups (broad SMARTS) is 1. The van der Waals surface area contributed by atoms with E-state index in [1.54, 1.807) is 10.7 Å². The van der Waals surface area contributed by atoms with Crippen molar-refractivity contribution in [3.05, 3.63) is 17.5 Å². The lowest BCUT2D eigenvalue weighted by Crippen LogP contribution is -2.47. The second kappa shape index (κ2) is 5.51. The minimum atomic E-state index is -0.947. The molecule has 0 saturated carbocycles. The van der Waals surface area contributed by atoms with Crippen LogP contribution in [0, 0.1) is 11.3 Å². The third kappa shape index (κ3) is 2.91. The molecule has 2 N–H and O–H groups in total. The largest absolute Gasteiger partial charge is 0.465 e. The summed E-state index contributed by atoms with van der Waals surface area (Å²) in [4.78, 5) is 12.2. The first-order valence-corrected chi connectivity index (χ1v) is 6.64. The van der Waals surface area contributed by atoms with Crippen molar-refractivity contribution in [1.82, 2.24) is 14.7 Å². The lowest BCUT2D eigenvalue weighted by molar-refractivity contribution is -0.0176. The number of hydrogen-bond acceptors (Lipinski definition) is 4. The van der Waals surface area contributed by atoms with Gasteiger partial charge in [0, 0.05) is 31.7 Å². The average molecular weight is 278 g/mol. The van der Waals surface area contributed by atoms with Gasteiger partial charge in [0.15, 0.2) is 5.69 Å². The summed E-state index contributed by atoms with van der Waals surface area (Å²) in [5, 5.41) is 32.5. The molecule has 1 amide bonds. The first-order valence-electron chi connectivity index (χ1n) is 6.64. The van der Waals surface area contributed by atoms with Gasteiger partial charge in [0.1, 0.15) is 6.07 Å². The van der Waals surface area contributed by atoms with E-state index >= 15 is 0 Å². The monoisotopic (exact) mass is 278 g/mol. The lowest BCUT2D eigenvalue weighted by atomic mass is 9.87. The summed E-state index contributed by atoms with van der Waals surface area (Å²) in [7, 11) is 0. The van der Waals surface area contributed by atoms with Crippen molar-refractivity contribution in [3.8, 4) is 6.07 Å². The van der Waals surface area contributed by atoms with Gasteiger partial charge >= 0.3 is 6.09 Å². The third-order valence-corrected chi connectivity index (χ3v) is 3.75. The molecule has 1 aliphatic heterocycles. The van der Waals surface area contributed by atoms with Crippen LogP contribution in [-0.2, 0) is 13.0 Å². The van der Waals surface area contributed by atoms with Crippen LogP contribution in [0.1, 0.15) is 31.2 Å². The number of aliphatic hydroxyl groups is 1. The average Bonchev–Trinajstić information content (AvgIpc) is 2.80. The fourth-order valence-electron chi connectivity index (χ4n) is 2.55. The Morgan fingerprint density at radius 3 is 2.70 bits per heavy atom. The van der Waals surface area contributed by atoms with E-state index in [2.05, 4.69) is 5.10 Å². The maximum Gasteiger partial charge on any atom is 0.407 e. The predicted molar refractivity (Wildman–Crippen MR) is 70.1 cm³/mol. The summed E-state index contributed by atoms with van der Waals surface area (Å²) < 4.78 is 1.71. The molecule has 1 aromatic rings. The molecule has 7 nitrogen and oxygen atoms in total. The van der Waals surface area contributed by atoms with Gasteiger partial charge in [-0.05, 0) is 25.8 Å². The summed E-state index contributed by atoms with van der Waals surface area (Å²) >= 11 is 0. The van der Waals surface area contributed by atoms with Gasteiger partial charge < -0.3 is 15.1 Å². The molecule has 7 heteroatoms. The summed E-state index contributed by atoms with van der Waals surface area (Å²) in [6, 6.07) is 3.68. The van der Waals surface area contributed by atoms with Gasteiger partial charge in [-0.2, -0.15) is 10.4 Å². The number of rotatable bonds is 3. The Bertz CT molecular complexity index is 538. The molecule has 0 unspecified atom stereocenters. The van der Waals surface area contributed by atoms with E-state index < -0.39 is 11.7 Å². The van der Waals surface area contributed by atoms with Crippen LogP contribution in [0.15, 0.2) is 6.07 Å². The molecule has 0 aliphatic carbocycles. The van der Waals surface area contributed by atoms with E-state index in [9.17, 15) is 9.90 Å². The SMILES string of the molecule is CCn1nc(C#N)cc1CC1(O)CCN(C(=O)O)CC1. The normalized spacial score (nSPS) is 17.8. The van der Waals surface area contributed by atoms with Crippen LogP contribution in [0.3, 0.4) is 0 Å². The van der Waals surface area contributed by atoms with Crippen molar-refractivity contribution in [2.24, 2.45) is 0 Å². The van der Waals surface area contributed by atoms with Crippen molar-refractivity contribution >= 4 is 6.09 Å². The van der Waals surface area contributed by atoms with Crippen LogP contribution < -0.4 is 0 Å². The smallest absolute Gasteiger partial charge is 0.407 e. The first kappa shape index (κ1) is 14.3. The fraction of sp³-hybridized carbons (Fsp3) is 0.615. The highest BCUT2D eigenvalue weighted by molar-refractivity contribution is 5.65. The Morgan fingerprint density at radius 1 is 1.55 bits per heavy atom. The van der Waals surface area contributed by atoms with Crippen molar-refractivity contribution < 1.29 is 15.0 Å². The van der Waals surface area contributed by atoms with Gasteiger partial charge in [0.25, 0.3) is 0 Å². The van der Waals surface area contributed by atoms with Crippen LogP contribution in [0.25, 0.3) is 0 Å². The molecular weight excluding hydrogens is 260 g/mol. The van der Waals surface area contributed by atoms with E-state index in [0.29, 0.717) is 44.6 Å². The number of nitrogens with zero attached hydrogens (tertiary/aromatic N) is 4. The lowest BCUT2D eigenvalue weighted by Gasteiger charge is -2.37. The highest BCUT2D eigenvalue weighted by Gasteiger charge is 2.35. The maximum atomic E-state index is 10.9. The van der Waals surface area contributed by atoms with Crippen molar-refractivity contribution in [2.75, 3.05) is 13.1 Å². The van der Waals surface area contributed by atoms with Crippen LogP contribution >= 0.6 is 0 Å². The quantitative estimate of drug-likeness (QED) is 0.852. The number of carbonyl (C=O) groups is 1. The van der Waals surface area contributed by atoms with Gasteiger partial charge in [-0.15, -0.1) is 0 Å². The Hall–Kier alpha value is -2.07. The van der Waals surface area contributed by atoms with Crippen molar-refractivity contribution in [3.63, 3.8) is 0 Å². The number of aryl methyl sites for hydroxylation is 1. The molecule has 20 heavy (non-hydrogen) atoms. The van der Waals surface area contributed by atoms with E-state index in [0.717, 1.165) is 5.69 Å². The van der Waals surface area contributed by atoms with Crippen LogP contribution in [0.4, 0.5) is 4.79 Å². The predicted octanol–water partition coefficient (Wildman–Crippen LogP) is 0.822. The highest BCUT2D eigenvalue weighted by Crippen LogP contribution is 2.26. The second-order valence-electron chi connectivity index (χ2n) is 5.12. The molecule has 108 valence electrons. The van der Waals surface area contributed by atoms with E-state index in [4.69, 9.17) is 10.4 Å². The summed E-state index contributed by atoms with van der Waals surface area (Å²) in [5.74, 6) is 0. The Morgan fingerprint density at radius 2 is 2.20 bits per heavy atom. The zero-order valence-electron chi connectivity index (χ0n) is 11.4. The molecular formula is C13H18N4O3. The molecule has 0 spiro atoms. The number of likely N-dealkylation sites (tertiary alicyclic amines) is 1. The molecule has 0 radical (unpaired) electrons. The zero-order chi connectivity index (χ0) is 14.8. The molecule has 2 heterocycles. The van der Waals surface area contributed by atoms with Crippen molar-refractivity contribution in [1.29, 1.82) is 5.26 Å². The Labute approximate surface area is 117 Å². The number of piperidine rings is 1. The second-order valence-corrected chi connectivity index (χ2v) is 5.12. The van der Waals surface area contributed by atoms with Crippen molar-refractivity contribution in [2.45, 2.75) is 38.3 Å². The van der Waals surface area contributed by atoms with E-state index in [-0.39, 0.29) is 0 Å². The number of nitriles is 1. The van der Waals surface area contributed by atoms with Gasteiger partial charge in [-0.1, -0.05) is 0 Å². The zero-order valence-corrected chi connectivity index (χ0v) is 11.4. The highest BCUT2D eigenvalue weighted by atomic mass is 16.4. The van der Waals surface area contributed by atoms with Gasteiger partial charge in [0.05, 0.1) is 5.60 Å². The minimum Gasteiger partial charge on any atom is -0.465 e.